The molecule has 0 radical (unpaired) electrons. The molecule has 0 spiro atoms. The molecule has 0 heterocycles. The number of ether oxygens (including phenoxy) is 1. The monoisotopic (exact) mass is 571 g/mol. The van der Waals surface area contributed by atoms with Crippen molar-refractivity contribution < 1.29 is 22.7 Å². The fourth-order valence-electron chi connectivity index (χ4n) is 3.79. The van der Waals surface area contributed by atoms with E-state index in [2.05, 4.69) is 5.32 Å². The summed E-state index contributed by atoms with van der Waals surface area (Å²) in [5.41, 5.74) is 0.933. The van der Waals surface area contributed by atoms with Crippen LogP contribution >= 0.6 is 23.2 Å². The van der Waals surface area contributed by atoms with E-state index in [1.165, 1.54) is 16.3 Å². The number of carbonyl (C=O) groups is 2. The highest BCUT2D eigenvalue weighted by Crippen LogP contribution is 2.30. The van der Waals surface area contributed by atoms with Crippen LogP contribution < -0.4 is 14.4 Å². The van der Waals surface area contributed by atoms with Gasteiger partial charge in [-0.15, -0.1) is 0 Å². The lowest BCUT2D eigenvalue weighted by Crippen LogP contribution is -2.48. The Hall–Kier alpha value is -2.49. The van der Waals surface area contributed by atoms with Crippen LogP contribution in [-0.2, 0) is 26.2 Å². The van der Waals surface area contributed by atoms with Gasteiger partial charge < -0.3 is 15.0 Å². The molecule has 0 fully saturated rings. The highest BCUT2D eigenvalue weighted by atomic mass is 35.5. The summed E-state index contributed by atoms with van der Waals surface area (Å²) < 4.78 is 31.6. The molecule has 0 saturated carbocycles. The molecule has 8 nitrogen and oxygen atoms in total. The van der Waals surface area contributed by atoms with Gasteiger partial charge in [-0.2, -0.15) is 0 Å². The summed E-state index contributed by atoms with van der Waals surface area (Å²) in [6.45, 7) is 4.29. The number of hydrogen-bond donors (Lipinski definition) is 1. The largest absolute Gasteiger partial charge is 0.495 e. The summed E-state index contributed by atoms with van der Waals surface area (Å²) in [6, 6.07) is 11.1. The zero-order valence-electron chi connectivity index (χ0n) is 21.7. The summed E-state index contributed by atoms with van der Waals surface area (Å²) in [5.74, 6) is -0.189. The lowest BCUT2D eigenvalue weighted by Gasteiger charge is -2.30. The Labute approximate surface area is 229 Å². The molecular formula is C26H35Cl2N3O5S. The first kappa shape index (κ1) is 30.7. The number of para-hydroxylation sites is 2. The van der Waals surface area contributed by atoms with Gasteiger partial charge in [-0.05, 0) is 44.0 Å². The van der Waals surface area contributed by atoms with Crippen molar-refractivity contribution in [1.82, 2.24) is 10.2 Å². The normalized spacial score (nSPS) is 12.1. The number of benzene rings is 2. The van der Waals surface area contributed by atoms with Crippen LogP contribution in [0.15, 0.2) is 42.5 Å². The molecule has 0 aliphatic heterocycles. The number of amides is 2. The van der Waals surface area contributed by atoms with E-state index < -0.39 is 16.1 Å². The zero-order chi connectivity index (χ0) is 27.6. The summed E-state index contributed by atoms with van der Waals surface area (Å²) in [6.07, 6.45) is 3.09. The molecule has 0 aliphatic carbocycles. The predicted octanol–water partition coefficient (Wildman–Crippen LogP) is 4.88. The van der Waals surface area contributed by atoms with E-state index in [9.17, 15) is 18.0 Å². The molecule has 2 amide bonds. The second kappa shape index (κ2) is 14.4. The molecule has 1 unspecified atom stereocenters. The number of nitrogens with one attached hydrogen (secondary N) is 1. The Balaban J connectivity index is 2.23. The minimum Gasteiger partial charge on any atom is -0.495 e. The minimum absolute atomic E-state index is 0.00974. The van der Waals surface area contributed by atoms with Gasteiger partial charge in [0, 0.05) is 41.7 Å². The molecule has 0 aliphatic rings. The van der Waals surface area contributed by atoms with Gasteiger partial charge in [0.15, 0.2) is 0 Å². The van der Waals surface area contributed by atoms with Crippen molar-refractivity contribution in [3.05, 3.63) is 58.1 Å². The summed E-state index contributed by atoms with van der Waals surface area (Å²) in [5, 5.41) is 3.65. The van der Waals surface area contributed by atoms with Crippen LogP contribution in [0.1, 0.15) is 45.1 Å². The Morgan fingerprint density at radius 3 is 2.30 bits per heavy atom. The second-order valence-corrected chi connectivity index (χ2v) is 11.4. The van der Waals surface area contributed by atoms with Crippen molar-refractivity contribution >= 4 is 50.7 Å². The number of methoxy groups -OCH3 is 1. The average Bonchev–Trinajstić information content (AvgIpc) is 2.85. The van der Waals surface area contributed by atoms with E-state index in [1.807, 2.05) is 6.92 Å². The van der Waals surface area contributed by atoms with E-state index in [1.54, 1.807) is 49.4 Å². The smallest absolute Gasteiger partial charge is 0.242 e. The van der Waals surface area contributed by atoms with Crippen LogP contribution in [0.2, 0.25) is 10.0 Å². The molecule has 2 aromatic carbocycles. The maximum absolute atomic E-state index is 13.4. The minimum atomic E-state index is -3.64. The maximum atomic E-state index is 13.4. The highest BCUT2D eigenvalue weighted by molar-refractivity contribution is 7.92. The van der Waals surface area contributed by atoms with Gasteiger partial charge in [-0.3, -0.25) is 13.9 Å². The number of rotatable bonds is 14. The number of nitrogens with zero attached hydrogens (tertiary/aromatic N) is 2. The Kier molecular flexibility index (Phi) is 12.0. The highest BCUT2D eigenvalue weighted by Gasteiger charge is 2.28. The number of anilines is 1. The molecular weight excluding hydrogens is 537 g/mol. The van der Waals surface area contributed by atoms with Crippen LogP contribution in [0.5, 0.6) is 5.75 Å². The van der Waals surface area contributed by atoms with Gasteiger partial charge in [0.25, 0.3) is 0 Å². The number of sulfonamides is 1. The average molecular weight is 573 g/mol. The lowest BCUT2D eigenvalue weighted by molar-refractivity contribution is -0.140. The van der Waals surface area contributed by atoms with Gasteiger partial charge in [0.1, 0.15) is 11.8 Å². The van der Waals surface area contributed by atoms with Crippen LogP contribution in [0.3, 0.4) is 0 Å². The first-order chi connectivity index (χ1) is 17.5. The van der Waals surface area contributed by atoms with Crippen LogP contribution in [0.4, 0.5) is 5.69 Å². The molecule has 0 aromatic heterocycles. The van der Waals surface area contributed by atoms with E-state index in [-0.39, 0.29) is 37.7 Å². The third-order valence-electron chi connectivity index (χ3n) is 5.89. The number of carbonyl (C=O) groups excluding carboxylic acids is 2. The van der Waals surface area contributed by atoms with Crippen molar-refractivity contribution in [1.29, 1.82) is 0 Å². The maximum Gasteiger partial charge on any atom is 0.242 e. The first-order valence-corrected chi connectivity index (χ1v) is 14.7. The van der Waals surface area contributed by atoms with Crippen molar-refractivity contribution in [2.24, 2.45) is 0 Å². The molecule has 2 aromatic rings. The van der Waals surface area contributed by atoms with Crippen LogP contribution in [0.25, 0.3) is 0 Å². The Bertz CT molecular complexity index is 1160. The molecule has 0 bridgehead atoms. The number of halogens is 2. The first-order valence-electron chi connectivity index (χ1n) is 12.1. The zero-order valence-corrected chi connectivity index (χ0v) is 24.0. The summed E-state index contributed by atoms with van der Waals surface area (Å²) >= 11 is 12.7. The molecule has 37 heavy (non-hydrogen) atoms. The van der Waals surface area contributed by atoms with Crippen LogP contribution in [-0.4, -0.2) is 57.6 Å². The van der Waals surface area contributed by atoms with Crippen molar-refractivity contribution in [3.8, 4) is 5.75 Å². The fourth-order valence-corrected chi connectivity index (χ4v) is 5.28. The van der Waals surface area contributed by atoms with E-state index in [4.69, 9.17) is 27.9 Å². The third-order valence-corrected chi connectivity index (χ3v) is 7.78. The van der Waals surface area contributed by atoms with Crippen LogP contribution in [0, 0.1) is 0 Å². The van der Waals surface area contributed by atoms with Gasteiger partial charge in [0.2, 0.25) is 21.8 Å². The number of unbranched alkanes of at least 4 members (excludes halogenated alkanes) is 1. The molecule has 1 N–H and O–H groups in total. The van der Waals surface area contributed by atoms with Gasteiger partial charge >= 0.3 is 0 Å². The van der Waals surface area contributed by atoms with E-state index >= 15 is 0 Å². The second-order valence-electron chi connectivity index (χ2n) is 8.65. The Morgan fingerprint density at radius 2 is 1.70 bits per heavy atom. The third kappa shape index (κ3) is 8.79. The standard InChI is InChI=1S/C26H35Cl2N3O5S/c1-5-6-16-29-26(33)19(2)30(18-20-21(27)11-9-12-22(20)28)25(32)15-10-17-31(37(4,34)35)23-13-7-8-14-24(23)36-3/h7-9,11-14,19H,5-6,10,15-18H2,1-4H3,(H,29,33). The number of hydrogen-bond acceptors (Lipinski definition) is 5. The summed E-state index contributed by atoms with van der Waals surface area (Å²) in [7, 11) is -2.18. The SMILES string of the molecule is CCCCNC(=O)C(C)N(Cc1c(Cl)cccc1Cl)C(=O)CCCN(c1ccccc1OC)S(C)(=O)=O. The molecule has 11 heteroatoms. The van der Waals surface area contributed by atoms with Crippen molar-refractivity contribution in [2.75, 3.05) is 30.8 Å². The Morgan fingerprint density at radius 1 is 1.05 bits per heavy atom. The quantitative estimate of drug-likeness (QED) is 0.326. The molecule has 2 rings (SSSR count). The molecule has 0 saturated heterocycles. The van der Waals surface area contributed by atoms with E-state index in [0.29, 0.717) is 33.6 Å². The molecule has 1 atom stereocenters. The van der Waals surface area contributed by atoms with Gasteiger partial charge in [-0.1, -0.05) is 54.7 Å². The van der Waals surface area contributed by atoms with Crippen molar-refractivity contribution in [2.45, 2.75) is 52.1 Å². The summed E-state index contributed by atoms with van der Waals surface area (Å²) in [4.78, 5) is 27.7. The van der Waals surface area contributed by atoms with Crippen molar-refractivity contribution in [3.63, 3.8) is 0 Å². The van der Waals surface area contributed by atoms with Gasteiger partial charge in [0.05, 0.1) is 19.1 Å². The lowest BCUT2D eigenvalue weighted by atomic mass is 10.1. The van der Waals surface area contributed by atoms with E-state index in [0.717, 1.165) is 19.1 Å². The molecule has 204 valence electrons. The fraction of sp³-hybridized carbons (Fsp3) is 0.462. The van der Waals surface area contributed by atoms with Gasteiger partial charge in [-0.25, -0.2) is 8.42 Å². The predicted molar refractivity (Wildman–Crippen MR) is 149 cm³/mol. The topological polar surface area (TPSA) is 96.0 Å².